The summed E-state index contributed by atoms with van der Waals surface area (Å²) < 4.78 is 6.26. The van der Waals surface area contributed by atoms with Crippen LogP contribution in [0.2, 0.25) is 0 Å². The molecule has 0 radical (unpaired) electrons. The van der Waals surface area contributed by atoms with Gasteiger partial charge in [-0.1, -0.05) is 25.5 Å². The average Bonchev–Trinajstić information content (AvgIpc) is 3.21. The summed E-state index contributed by atoms with van der Waals surface area (Å²) in [6, 6.07) is 6.01. The minimum atomic E-state index is -0.0538. The second-order valence-corrected chi connectivity index (χ2v) is 12.5. The molecule has 210 valence electrons. The lowest BCUT2D eigenvalue weighted by atomic mass is 9.47. The van der Waals surface area contributed by atoms with Crippen molar-refractivity contribution in [1.82, 2.24) is 9.88 Å². The number of ether oxygens (including phenoxy) is 1. The molecule has 0 aromatic carbocycles. The van der Waals surface area contributed by atoms with Gasteiger partial charge in [-0.05, 0) is 86.3 Å². The van der Waals surface area contributed by atoms with Crippen LogP contribution in [0.5, 0.6) is 0 Å². The summed E-state index contributed by atoms with van der Waals surface area (Å²) in [5.74, 6) is 3.29. The van der Waals surface area contributed by atoms with E-state index in [1.165, 1.54) is 24.8 Å². The number of pyridine rings is 1. The highest BCUT2D eigenvalue weighted by Gasteiger charge is 2.60. The Bertz CT molecular complexity index is 1040. The maximum absolute atomic E-state index is 13.1. The molecular weight excluding hydrogens is 521 g/mol. The highest BCUT2D eigenvalue weighted by Crippen LogP contribution is 2.65. The van der Waals surface area contributed by atoms with E-state index in [1.807, 2.05) is 30.5 Å². The monoisotopic (exact) mass is 563 g/mol. The topological polar surface area (TPSA) is 62.7 Å². The van der Waals surface area contributed by atoms with Gasteiger partial charge in [0.25, 0.3) is 0 Å². The lowest BCUT2D eigenvalue weighted by molar-refractivity contribution is -0.161. The molecule has 0 bridgehead atoms. The van der Waals surface area contributed by atoms with Crippen LogP contribution in [0.3, 0.4) is 0 Å². The van der Waals surface area contributed by atoms with E-state index < -0.39 is 0 Å². The van der Waals surface area contributed by atoms with Gasteiger partial charge in [0, 0.05) is 44.2 Å². The summed E-state index contributed by atoms with van der Waals surface area (Å²) in [6.07, 6.45) is 12.4. The zero-order valence-electron chi connectivity index (χ0n) is 22.8. The number of fused-ring (bicyclic) bond motifs is 5. The van der Waals surface area contributed by atoms with Crippen LogP contribution in [0.4, 0.5) is 5.82 Å². The average molecular weight is 565 g/mol. The fourth-order valence-electron chi connectivity index (χ4n) is 8.76. The summed E-state index contributed by atoms with van der Waals surface area (Å²) in [6.45, 7) is 8.72. The molecule has 5 aliphatic rings. The summed E-state index contributed by atoms with van der Waals surface area (Å²) in [7, 11) is 0. The molecule has 0 N–H and O–H groups in total. The lowest BCUT2D eigenvalue weighted by Crippen LogP contribution is -2.52. The fourth-order valence-corrected chi connectivity index (χ4v) is 8.76. The van der Waals surface area contributed by atoms with Gasteiger partial charge in [0.05, 0.1) is 6.54 Å². The van der Waals surface area contributed by atoms with E-state index >= 15 is 0 Å². The van der Waals surface area contributed by atoms with Gasteiger partial charge >= 0.3 is 5.97 Å². The molecule has 0 spiro atoms. The standard InChI is InChI=1S/C30H41N3O3.2ClH/c1-29-12-10-22(34)19-21(29)6-7-23-24-8-9-26(30(24,2)13-11-25(23)29)36-28(35)20-32-15-17-33(18-16-32)27-5-3-4-14-31-27;;/h3-5,14,19,23-26H,6-13,15-18,20H2,1-2H3;2*1H/t23-,24-,25-,26?,29-,30-;;/m0../s1. The Hall–Kier alpha value is -1.63. The van der Waals surface area contributed by atoms with Gasteiger partial charge in [0.1, 0.15) is 11.9 Å². The zero-order chi connectivity index (χ0) is 24.9. The smallest absolute Gasteiger partial charge is 0.320 e. The Balaban J connectivity index is 0.00000168. The van der Waals surface area contributed by atoms with E-state index in [0.717, 1.165) is 57.7 Å². The van der Waals surface area contributed by atoms with Crippen molar-refractivity contribution < 1.29 is 14.3 Å². The van der Waals surface area contributed by atoms with Crippen molar-refractivity contribution in [2.75, 3.05) is 37.6 Å². The Kier molecular flexibility index (Phi) is 8.86. The number of rotatable bonds is 4. The molecule has 0 amide bonds. The predicted molar refractivity (Wildman–Crippen MR) is 154 cm³/mol. The lowest BCUT2D eigenvalue weighted by Gasteiger charge is -2.57. The molecule has 2 heterocycles. The zero-order valence-corrected chi connectivity index (χ0v) is 24.4. The Labute approximate surface area is 239 Å². The number of nitrogens with zero attached hydrogens (tertiary/aromatic N) is 3. The first-order chi connectivity index (χ1) is 17.4. The number of esters is 1. The fraction of sp³-hybridized carbons (Fsp3) is 0.700. The van der Waals surface area contributed by atoms with Gasteiger partial charge < -0.3 is 9.64 Å². The molecule has 1 saturated heterocycles. The van der Waals surface area contributed by atoms with Gasteiger partial charge in [-0.3, -0.25) is 14.5 Å². The third-order valence-electron chi connectivity index (χ3n) is 10.8. The van der Waals surface area contributed by atoms with Gasteiger partial charge in [-0.25, -0.2) is 4.98 Å². The number of carbonyl (C=O) groups excluding carboxylic acids is 2. The number of anilines is 1. The normalized spacial score (nSPS) is 36.5. The molecule has 8 heteroatoms. The molecule has 1 unspecified atom stereocenters. The first-order valence-electron chi connectivity index (χ1n) is 14.2. The highest BCUT2D eigenvalue weighted by molar-refractivity contribution is 5.91. The van der Waals surface area contributed by atoms with E-state index in [0.29, 0.717) is 36.5 Å². The van der Waals surface area contributed by atoms with Gasteiger partial charge in [0.15, 0.2) is 5.78 Å². The third-order valence-corrected chi connectivity index (χ3v) is 10.8. The van der Waals surface area contributed by atoms with Crippen LogP contribution >= 0.6 is 24.8 Å². The summed E-state index contributed by atoms with van der Waals surface area (Å²) in [5.41, 5.74) is 1.72. The van der Waals surface area contributed by atoms with Crippen LogP contribution < -0.4 is 4.90 Å². The molecule has 3 saturated carbocycles. The number of hydrogen-bond donors (Lipinski definition) is 0. The highest BCUT2D eigenvalue weighted by atomic mass is 35.5. The molecule has 1 aromatic rings. The van der Waals surface area contributed by atoms with Gasteiger partial charge in [-0.15, -0.1) is 24.8 Å². The van der Waals surface area contributed by atoms with E-state index in [1.54, 1.807) is 0 Å². The van der Waals surface area contributed by atoms with Crippen LogP contribution in [0.25, 0.3) is 0 Å². The largest absolute Gasteiger partial charge is 0.461 e. The number of aromatic nitrogens is 1. The number of allylic oxidation sites excluding steroid dienone is 1. The Morgan fingerprint density at radius 3 is 2.53 bits per heavy atom. The molecule has 4 aliphatic carbocycles. The maximum Gasteiger partial charge on any atom is 0.320 e. The second-order valence-electron chi connectivity index (χ2n) is 12.5. The molecule has 38 heavy (non-hydrogen) atoms. The minimum absolute atomic E-state index is 0. The van der Waals surface area contributed by atoms with E-state index in [2.05, 4.69) is 28.6 Å². The predicted octanol–water partition coefficient (Wildman–Crippen LogP) is 5.49. The number of halogens is 2. The SMILES string of the molecule is C[C@]12CCC(=O)C=C1CC[C@@H]1[C@@H]2CC[C@]2(C)C(OC(=O)CN3CCN(c4ccccn4)CC3)CC[C@@H]12.Cl.Cl. The van der Waals surface area contributed by atoms with E-state index in [4.69, 9.17) is 4.74 Å². The van der Waals surface area contributed by atoms with Crippen LogP contribution in [0.1, 0.15) is 65.2 Å². The van der Waals surface area contributed by atoms with Crippen molar-refractivity contribution in [2.45, 2.75) is 71.3 Å². The molecule has 6 nitrogen and oxygen atoms in total. The van der Waals surface area contributed by atoms with Crippen molar-refractivity contribution in [3.05, 3.63) is 36.0 Å². The number of piperazine rings is 1. The van der Waals surface area contributed by atoms with Gasteiger partial charge in [0.2, 0.25) is 0 Å². The summed E-state index contributed by atoms with van der Waals surface area (Å²) in [5, 5.41) is 0. The van der Waals surface area contributed by atoms with Crippen molar-refractivity contribution >= 4 is 42.4 Å². The molecule has 1 aromatic heterocycles. The minimum Gasteiger partial charge on any atom is -0.461 e. The van der Waals surface area contributed by atoms with Gasteiger partial charge in [-0.2, -0.15) is 0 Å². The number of carbonyl (C=O) groups is 2. The van der Waals surface area contributed by atoms with E-state index in [-0.39, 0.29) is 47.7 Å². The van der Waals surface area contributed by atoms with Crippen molar-refractivity contribution in [3.8, 4) is 0 Å². The van der Waals surface area contributed by atoms with Crippen LogP contribution in [0, 0.1) is 28.6 Å². The number of hydrogen-bond acceptors (Lipinski definition) is 6. The summed E-state index contributed by atoms with van der Waals surface area (Å²) in [4.78, 5) is 34.1. The molecule has 6 atom stereocenters. The molecular formula is C30H43Cl2N3O3. The molecule has 4 fully saturated rings. The number of ketones is 1. The third kappa shape index (κ3) is 5.13. The van der Waals surface area contributed by atoms with Crippen LogP contribution in [0.15, 0.2) is 36.0 Å². The van der Waals surface area contributed by atoms with E-state index in [9.17, 15) is 9.59 Å². The quantitative estimate of drug-likeness (QED) is 0.451. The molecule has 1 aliphatic heterocycles. The Morgan fingerprint density at radius 2 is 1.79 bits per heavy atom. The maximum atomic E-state index is 13.1. The van der Waals surface area contributed by atoms with Crippen molar-refractivity contribution in [3.63, 3.8) is 0 Å². The summed E-state index contributed by atoms with van der Waals surface area (Å²) >= 11 is 0. The first-order valence-corrected chi connectivity index (χ1v) is 14.2. The first kappa shape index (κ1) is 29.4. The van der Waals surface area contributed by atoms with Crippen molar-refractivity contribution in [1.29, 1.82) is 0 Å². The second kappa shape index (κ2) is 11.5. The van der Waals surface area contributed by atoms with Crippen LogP contribution in [-0.4, -0.2) is 60.5 Å². The molecule has 6 rings (SSSR count). The van der Waals surface area contributed by atoms with Crippen molar-refractivity contribution in [2.24, 2.45) is 28.6 Å². The Morgan fingerprint density at radius 1 is 1.00 bits per heavy atom. The van der Waals surface area contributed by atoms with Crippen LogP contribution in [-0.2, 0) is 14.3 Å².